The summed E-state index contributed by atoms with van der Waals surface area (Å²) in [6.45, 7) is 0. The summed E-state index contributed by atoms with van der Waals surface area (Å²) in [6.07, 6.45) is 1.46. The highest BCUT2D eigenvalue weighted by molar-refractivity contribution is 9.10. The first-order chi connectivity index (χ1) is 12.0. The van der Waals surface area contributed by atoms with E-state index >= 15 is 0 Å². The monoisotopic (exact) mass is 406 g/mol. The first-order valence-corrected chi connectivity index (χ1v) is 7.89. The van der Waals surface area contributed by atoms with Crippen LogP contribution in [0.25, 0.3) is 6.08 Å². The lowest BCUT2D eigenvalue weighted by molar-refractivity contribution is -0.138. The third-order valence-electron chi connectivity index (χ3n) is 3.16. The van der Waals surface area contributed by atoms with Crippen molar-refractivity contribution < 1.29 is 28.9 Å². The fraction of sp³-hybridized carbons (Fsp3) is 0.111. The number of esters is 2. The van der Waals surface area contributed by atoms with Gasteiger partial charge in [-0.05, 0) is 35.9 Å². The average Bonchev–Trinajstić information content (AvgIpc) is 2.61. The summed E-state index contributed by atoms with van der Waals surface area (Å²) >= 11 is 3.34. The molecule has 0 fully saturated rings. The summed E-state index contributed by atoms with van der Waals surface area (Å²) in [5.74, 6) is -2.12. The summed E-state index contributed by atoms with van der Waals surface area (Å²) < 4.78 is 15.6. The Balaban J connectivity index is 2.42. The van der Waals surface area contributed by atoms with E-state index in [1.54, 1.807) is 18.2 Å². The number of hydrogen-bond donors (Lipinski definition) is 1. The third-order valence-corrected chi connectivity index (χ3v) is 3.65. The second kappa shape index (κ2) is 8.34. The van der Waals surface area contributed by atoms with E-state index in [2.05, 4.69) is 20.7 Å². The van der Waals surface area contributed by atoms with E-state index in [0.717, 1.165) is 4.47 Å². The summed E-state index contributed by atoms with van der Waals surface area (Å²) in [6, 6.07) is 11.5. The van der Waals surface area contributed by atoms with Crippen LogP contribution in [0, 0.1) is 0 Å². The zero-order valence-corrected chi connectivity index (χ0v) is 15.1. The van der Waals surface area contributed by atoms with Gasteiger partial charge in [-0.2, -0.15) is 0 Å². The van der Waals surface area contributed by atoms with Crippen LogP contribution in [0.1, 0.15) is 15.9 Å². The van der Waals surface area contributed by atoms with Gasteiger partial charge in [0.25, 0.3) is 0 Å². The predicted molar refractivity (Wildman–Crippen MR) is 94.2 cm³/mol. The van der Waals surface area contributed by atoms with Crippen LogP contribution in [0.15, 0.2) is 52.7 Å². The highest BCUT2D eigenvalue weighted by atomic mass is 79.9. The second-order valence-corrected chi connectivity index (χ2v) is 5.72. The minimum atomic E-state index is -0.733. The summed E-state index contributed by atoms with van der Waals surface area (Å²) in [5, 5.41) is 10.2. The Morgan fingerprint density at radius 2 is 1.80 bits per heavy atom. The topological polar surface area (TPSA) is 82.1 Å². The van der Waals surface area contributed by atoms with Crippen molar-refractivity contribution in [2.24, 2.45) is 0 Å². The van der Waals surface area contributed by atoms with Crippen molar-refractivity contribution in [3.05, 3.63) is 63.8 Å². The number of ether oxygens (including phenoxy) is 3. The number of phenols is 1. The maximum Gasteiger partial charge on any atom is 0.373 e. The molecule has 7 heteroatoms. The first-order valence-electron chi connectivity index (χ1n) is 7.10. The third kappa shape index (κ3) is 4.60. The molecule has 6 nitrogen and oxygen atoms in total. The number of hydrogen-bond acceptors (Lipinski definition) is 6. The van der Waals surface area contributed by atoms with E-state index in [-0.39, 0.29) is 17.1 Å². The highest BCUT2D eigenvalue weighted by Crippen LogP contribution is 2.32. The number of methoxy groups -OCH3 is 2. The molecule has 0 saturated heterocycles. The Hall–Kier alpha value is -2.80. The van der Waals surface area contributed by atoms with Gasteiger partial charge in [0, 0.05) is 4.47 Å². The van der Waals surface area contributed by atoms with Gasteiger partial charge < -0.3 is 19.3 Å². The minimum absolute atomic E-state index is 0.0745. The fourth-order valence-electron chi connectivity index (χ4n) is 1.98. The molecule has 1 N–H and O–H groups in total. The van der Waals surface area contributed by atoms with E-state index in [1.807, 2.05) is 6.07 Å². The zero-order valence-electron chi connectivity index (χ0n) is 13.5. The molecule has 0 heterocycles. The van der Waals surface area contributed by atoms with Gasteiger partial charge in [0.05, 0.1) is 14.2 Å². The van der Waals surface area contributed by atoms with Crippen LogP contribution in [0.4, 0.5) is 0 Å². The molecule has 2 aromatic rings. The van der Waals surface area contributed by atoms with Crippen molar-refractivity contribution in [1.82, 2.24) is 0 Å². The fourth-order valence-corrected chi connectivity index (χ4v) is 2.39. The Morgan fingerprint density at radius 3 is 2.44 bits per heavy atom. The van der Waals surface area contributed by atoms with Crippen LogP contribution in [-0.2, 0) is 14.3 Å². The Kier molecular flexibility index (Phi) is 6.19. The average molecular weight is 407 g/mol. The summed E-state index contributed by atoms with van der Waals surface area (Å²) in [7, 11) is 2.41. The number of aromatic hydroxyl groups is 1. The number of carbonyl (C=O) groups excluding carboxylic acids is 2. The largest absolute Gasteiger partial charge is 0.504 e. The predicted octanol–water partition coefficient (Wildman–Crippen LogP) is 3.53. The number of carbonyl (C=O) groups is 2. The van der Waals surface area contributed by atoms with Crippen molar-refractivity contribution >= 4 is 33.9 Å². The molecule has 0 saturated carbocycles. The van der Waals surface area contributed by atoms with Gasteiger partial charge in [-0.15, -0.1) is 0 Å². The van der Waals surface area contributed by atoms with Gasteiger partial charge >= 0.3 is 11.9 Å². The molecule has 0 unspecified atom stereocenters. The van der Waals surface area contributed by atoms with Gasteiger partial charge in [-0.25, -0.2) is 9.59 Å². The van der Waals surface area contributed by atoms with Crippen LogP contribution in [0.5, 0.6) is 11.5 Å². The van der Waals surface area contributed by atoms with E-state index in [4.69, 9.17) is 9.47 Å². The SMILES string of the molecule is COC(=O)/C(=C\c1cccc(Br)c1)Oc1cccc(C(=O)OC)c1O. The smallest absolute Gasteiger partial charge is 0.373 e. The maximum absolute atomic E-state index is 12.0. The van der Waals surface area contributed by atoms with Crippen LogP contribution >= 0.6 is 15.9 Å². The molecule has 0 aromatic heterocycles. The Morgan fingerprint density at radius 1 is 1.08 bits per heavy atom. The number of phenolic OH excluding ortho intramolecular Hbond substituents is 1. The molecule has 2 aromatic carbocycles. The molecule has 0 aliphatic rings. The van der Waals surface area contributed by atoms with Crippen LogP contribution < -0.4 is 4.74 Å². The molecular formula is C18H15BrO6. The molecule has 0 spiro atoms. The van der Waals surface area contributed by atoms with Gasteiger partial charge in [-0.3, -0.25) is 0 Å². The molecule has 0 atom stereocenters. The van der Waals surface area contributed by atoms with Crippen LogP contribution in [-0.4, -0.2) is 31.3 Å². The lowest BCUT2D eigenvalue weighted by Gasteiger charge is -2.11. The lowest BCUT2D eigenvalue weighted by atomic mass is 10.2. The van der Waals surface area contributed by atoms with Crippen molar-refractivity contribution in [3.8, 4) is 11.5 Å². The number of rotatable bonds is 5. The van der Waals surface area contributed by atoms with Gasteiger partial charge in [-0.1, -0.05) is 34.1 Å². The van der Waals surface area contributed by atoms with Crippen LogP contribution in [0.2, 0.25) is 0 Å². The Bertz CT molecular complexity index is 828. The summed E-state index contributed by atoms with van der Waals surface area (Å²) in [5.41, 5.74) is 0.602. The number of para-hydroxylation sites is 1. The van der Waals surface area contributed by atoms with Gasteiger partial charge in [0.2, 0.25) is 5.76 Å². The molecule has 0 bridgehead atoms. The maximum atomic E-state index is 12.0. The molecule has 25 heavy (non-hydrogen) atoms. The highest BCUT2D eigenvalue weighted by Gasteiger charge is 2.19. The minimum Gasteiger partial charge on any atom is -0.504 e. The first kappa shape index (κ1) is 18.5. The lowest BCUT2D eigenvalue weighted by Crippen LogP contribution is -2.11. The van der Waals surface area contributed by atoms with E-state index < -0.39 is 17.7 Å². The van der Waals surface area contributed by atoms with Crippen molar-refractivity contribution in [1.29, 1.82) is 0 Å². The molecule has 2 rings (SSSR count). The molecule has 0 radical (unpaired) electrons. The van der Waals surface area contributed by atoms with Gasteiger partial charge in [0.1, 0.15) is 5.56 Å². The molecular weight excluding hydrogens is 392 g/mol. The summed E-state index contributed by atoms with van der Waals surface area (Å²) in [4.78, 5) is 23.6. The van der Waals surface area contributed by atoms with E-state index in [1.165, 1.54) is 38.5 Å². The van der Waals surface area contributed by atoms with Crippen molar-refractivity contribution in [3.63, 3.8) is 0 Å². The molecule has 0 aliphatic carbocycles. The number of halogens is 1. The quantitative estimate of drug-likeness (QED) is 0.464. The van der Waals surface area contributed by atoms with Crippen molar-refractivity contribution in [2.45, 2.75) is 0 Å². The van der Waals surface area contributed by atoms with E-state index in [0.29, 0.717) is 5.56 Å². The standard InChI is InChI=1S/C18H15BrO6/c1-23-17(21)13-7-4-8-14(16(13)20)25-15(18(22)24-2)10-11-5-3-6-12(19)9-11/h3-10,20H,1-2H3/b15-10+. The zero-order chi connectivity index (χ0) is 18.4. The normalized spacial score (nSPS) is 10.9. The van der Waals surface area contributed by atoms with Crippen LogP contribution in [0.3, 0.4) is 0 Å². The van der Waals surface area contributed by atoms with E-state index in [9.17, 15) is 14.7 Å². The number of benzene rings is 2. The molecule has 0 amide bonds. The second-order valence-electron chi connectivity index (χ2n) is 4.80. The van der Waals surface area contributed by atoms with Crippen molar-refractivity contribution in [2.75, 3.05) is 14.2 Å². The molecule has 0 aliphatic heterocycles. The molecule has 130 valence electrons. The Labute approximate surface area is 152 Å². The van der Waals surface area contributed by atoms with Gasteiger partial charge in [0.15, 0.2) is 11.5 Å².